The normalized spacial score (nSPS) is 9.77. The third-order valence-corrected chi connectivity index (χ3v) is 3.67. The number of benzene rings is 1. The van der Waals surface area contributed by atoms with Gasteiger partial charge < -0.3 is 21.8 Å². The maximum Gasteiger partial charge on any atom is 0.224 e. The molecule has 2 aromatic heterocycles. The van der Waals surface area contributed by atoms with Gasteiger partial charge in [-0.15, -0.1) is 0 Å². The fourth-order valence-corrected chi connectivity index (χ4v) is 2.42. The Hall–Kier alpha value is -2.01. The number of hydrogen-bond donors (Lipinski definition) is 4. The van der Waals surface area contributed by atoms with Gasteiger partial charge in [0.15, 0.2) is 0 Å². The van der Waals surface area contributed by atoms with Crippen molar-refractivity contribution in [3.05, 3.63) is 66.1 Å². The topological polar surface area (TPSA) is 110 Å². The average Bonchev–Trinajstić information content (AvgIpc) is 3.06. The molecule has 0 fully saturated rings. The number of nitrogens with zero attached hydrogens (tertiary/aromatic N) is 1. The Kier molecular flexibility index (Phi) is 10.5. The van der Waals surface area contributed by atoms with Gasteiger partial charge in [-0.05, 0) is 35.7 Å². The number of aromatic nitrogens is 2. The Labute approximate surface area is 168 Å². The van der Waals surface area contributed by atoms with Crippen LogP contribution in [0.15, 0.2) is 55.0 Å². The van der Waals surface area contributed by atoms with E-state index in [-0.39, 0.29) is 27.0 Å². The van der Waals surface area contributed by atoms with Crippen molar-refractivity contribution in [3.63, 3.8) is 0 Å². The second-order valence-electron chi connectivity index (χ2n) is 5.57. The van der Waals surface area contributed by atoms with Gasteiger partial charge in [-0.25, -0.2) is 0 Å². The molecule has 26 heavy (non-hydrogen) atoms. The van der Waals surface area contributed by atoms with Gasteiger partial charge >= 0.3 is 0 Å². The van der Waals surface area contributed by atoms with Crippen molar-refractivity contribution in [3.8, 4) is 0 Å². The van der Waals surface area contributed by atoms with E-state index in [1.165, 1.54) is 10.9 Å². The van der Waals surface area contributed by atoms with Crippen LogP contribution in [0.1, 0.15) is 11.1 Å². The van der Waals surface area contributed by atoms with E-state index in [1.54, 1.807) is 12.4 Å². The quantitative estimate of drug-likeness (QED) is 0.383. The molecule has 1 aromatic carbocycles. The molecule has 0 saturated heterocycles. The van der Waals surface area contributed by atoms with Gasteiger partial charge in [0.25, 0.3) is 0 Å². The first kappa shape index (κ1) is 22.0. The number of nitrogens with two attached hydrogens (primary N) is 2. The summed E-state index contributed by atoms with van der Waals surface area (Å²) in [6, 6.07) is 11.9. The number of fused-ring (bicyclic) bond motifs is 1. The van der Waals surface area contributed by atoms with E-state index in [0.29, 0.717) is 26.1 Å². The Morgan fingerprint density at radius 2 is 1.77 bits per heavy atom. The Balaban J connectivity index is 0.000000616. The number of hydrogen-bond acceptors (Lipinski definition) is 4. The van der Waals surface area contributed by atoms with Crippen molar-refractivity contribution in [2.75, 3.05) is 19.6 Å². The van der Waals surface area contributed by atoms with Crippen molar-refractivity contribution < 1.29 is 25.9 Å². The Morgan fingerprint density at radius 3 is 2.46 bits per heavy atom. The summed E-state index contributed by atoms with van der Waals surface area (Å²) in [5.41, 5.74) is 13.2. The molecule has 2 heterocycles. The number of carbonyl (C=O) groups excluding carboxylic acids is 1. The number of amides is 1. The molecule has 6 nitrogen and oxygen atoms in total. The fraction of sp³-hybridized carbons (Fsp3) is 0.263. The Bertz CT molecular complexity index is 774. The summed E-state index contributed by atoms with van der Waals surface area (Å²) < 4.78 is 0. The minimum Gasteiger partial charge on any atom is -0.361 e. The zero-order valence-corrected chi connectivity index (χ0v) is 16.8. The van der Waals surface area contributed by atoms with Crippen LogP contribution < -0.4 is 16.8 Å². The zero-order chi connectivity index (χ0) is 17.9. The van der Waals surface area contributed by atoms with Crippen LogP contribution in [0.3, 0.4) is 0 Å². The first-order valence-electron chi connectivity index (χ1n) is 8.35. The molecule has 3 rings (SSSR count). The van der Waals surface area contributed by atoms with Crippen molar-refractivity contribution in [2.45, 2.75) is 12.8 Å². The van der Waals surface area contributed by atoms with E-state index in [9.17, 15) is 4.79 Å². The summed E-state index contributed by atoms with van der Waals surface area (Å²) in [5, 5.41) is 4.18. The third kappa shape index (κ3) is 7.08. The van der Waals surface area contributed by atoms with Gasteiger partial charge in [-0.1, -0.05) is 18.2 Å². The summed E-state index contributed by atoms with van der Waals surface area (Å²) in [5.74, 6) is 0.0426. The van der Waals surface area contributed by atoms with Gasteiger partial charge in [-0.2, -0.15) is 0 Å². The van der Waals surface area contributed by atoms with Gasteiger partial charge in [0.1, 0.15) is 0 Å². The van der Waals surface area contributed by atoms with Gasteiger partial charge in [0, 0.05) is 70.2 Å². The van der Waals surface area contributed by atoms with Crippen LogP contribution in [0.2, 0.25) is 0 Å². The molecule has 0 spiro atoms. The summed E-state index contributed by atoms with van der Waals surface area (Å²) >= 11 is 0. The number of nitrogens with one attached hydrogen (secondary N) is 2. The molecular weight excluding hydrogens is 509 g/mol. The monoisotopic (exact) mass is 534 g/mol. The van der Waals surface area contributed by atoms with E-state index < -0.39 is 0 Å². The number of aromatic amines is 1. The summed E-state index contributed by atoms with van der Waals surface area (Å²) in [6.45, 7) is 1.84. The largest absolute Gasteiger partial charge is 0.361 e. The standard InChI is InChI=1S/C17H17N3O.C2H8N2.Pt/c21-17(11-13-5-8-18-9-6-13)19-10-7-14-12-20-16-4-2-1-3-15(14)16;3-1-2-4;/h1-6,8-9,12,20H,7,10-11H2,(H,19,21);1-4H2;. The number of pyridine rings is 1. The van der Waals surface area contributed by atoms with Crippen LogP contribution in [0.4, 0.5) is 0 Å². The number of carbonyl (C=O) groups is 1. The number of H-pyrrole nitrogens is 1. The van der Waals surface area contributed by atoms with Gasteiger partial charge in [0.2, 0.25) is 5.91 Å². The predicted octanol–water partition coefficient (Wildman–Crippen LogP) is 1.37. The van der Waals surface area contributed by atoms with E-state index in [0.717, 1.165) is 17.5 Å². The molecule has 0 atom stereocenters. The Morgan fingerprint density at radius 1 is 1.08 bits per heavy atom. The first-order chi connectivity index (χ1) is 12.2. The summed E-state index contributed by atoms with van der Waals surface area (Å²) in [4.78, 5) is 19.1. The molecule has 0 aliphatic heterocycles. The molecule has 0 aliphatic carbocycles. The third-order valence-electron chi connectivity index (χ3n) is 3.67. The van der Waals surface area contributed by atoms with Crippen molar-refractivity contribution in [1.29, 1.82) is 0 Å². The molecule has 1 amide bonds. The second-order valence-corrected chi connectivity index (χ2v) is 5.57. The number of rotatable bonds is 6. The van der Waals surface area contributed by atoms with Crippen molar-refractivity contribution in [2.24, 2.45) is 11.5 Å². The average molecular weight is 535 g/mol. The smallest absolute Gasteiger partial charge is 0.224 e. The van der Waals surface area contributed by atoms with Crippen LogP contribution >= 0.6 is 0 Å². The first-order valence-corrected chi connectivity index (χ1v) is 8.35. The second kappa shape index (κ2) is 12.4. The minimum atomic E-state index is 0. The molecule has 0 saturated carbocycles. The molecule has 0 bridgehead atoms. The molecule has 0 unspecified atom stereocenters. The molecule has 142 valence electrons. The van der Waals surface area contributed by atoms with Crippen molar-refractivity contribution in [1.82, 2.24) is 15.3 Å². The molecule has 0 radical (unpaired) electrons. The zero-order valence-electron chi connectivity index (χ0n) is 14.6. The fourth-order valence-electron chi connectivity index (χ4n) is 2.42. The summed E-state index contributed by atoms with van der Waals surface area (Å²) in [6.07, 6.45) is 6.64. The van der Waals surface area contributed by atoms with Gasteiger partial charge in [0.05, 0.1) is 6.42 Å². The summed E-state index contributed by atoms with van der Waals surface area (Å²) in [7, 11) is 0. The van der Waals surface area contributed by atoms with E-state index >= 15 is 0 Å². The predicted molar refractivity (Wildman–Crippen MR) is 101 cm³/mol. The molecule has 3 aromatic rings. The number of para-hydroxylation sites is 1. The molecule has 6 N–H and O–H groups in total. The van der Waals surface area contributed by atoms with Crippen molar-refractivity contribution >= 4 is 16.8 Å². The van der Waals surface area contributed by atoms with E-state index in [1.807, 2.05) is 30.5 Å². The van der Waals surface area contributed by atoms with Crippen LogP contribution in [-0.4, -0.2) is 35.5 Å². The van der Waals surface area contributed by atoms with Crippen LogP contribution in [0.5, 0.6) is 0 Å². The molecule has 7 heteroatoms. The van der Waals surface area contributed by atoms with Crippen LogP contribution in [0.25, 0.3) is 10.9 Å². The molecule has 0 aliphatic rings. The van der Waals surface area contributed by atoms with Crippen LogP contribution in [0, 0.1) is 0 Å². The van der Waals surface area contributed by atoms with Crippen LogP contribution in [-0.2, 0) is 38.7 Å². The maximum atomic E-state index is 11.9. The molecular formula is C19H25N5OPt. The maximum absolute atomic E-state index is 11.9. The van der Waals surface area contributed by atoms with E-state index in [2.05, 4.69) is 27.4 Å². The van der Waals surface area contributed by atoms with Gasteiger partial charge in [-0.3, -0.25) is 9.78 Å². The SMILES string of the molecule is NCCN.O=C(Cc1ccncc1)NCCc1c[nH]c2ccccc12.[Pt]. The van der Waals surface area contributed by atoms with E-state index in [4.69, 9.17) is 11.5 Å². The minimum absolute atomic E-state index is 0.